The first-order valence-corrected chi connectivity index (χ1v) is 4.15. The van der Waals surface area contributed by atoms with Crippen LogP contribution in [-0.4, -0.2) is 17.8 Å². The Labute approximate surface area is 72.4 Å². The minimum Gasteiger partial charge on any atom is -0.468 e. The Morgan fingerprint density at radius 2 is 2.33 bits per heavy atom. The minimum atomic E-state index is -0.317. The summed E-state index contributed by atoms with van der Waals surface area (Å²) in [5, 5.41) is 12.1. The molecule has 68 valence electrons. The van der Waals surface area contributed by atoms with E-state index < -0.39 is 0 Å². The van der Waals surface area contributed by atoms with E-state index in [1.54, 1.807) is 13.2 Å². The second-order valence-electron chi connectivity index (χ2n) is 2.99. The van der Waals surface area contributed by atoms with Gasteiger partial charge in [-0.15, -0.1) is 0 Å². The smallest absolute Gasteiger partial charge is 0.120 e. The van der Waals surface area contributed by atoms with Gasteiger partial charge >= 0.3 is 0 Å². The molecule has 0 aromatic carbocycles. The molecule has 0 radical (unpaired) electrons. The second kappa shape index (κ2) is 4.28. The van der Waals surface area contributed by atoms with Crippen LogP contribution in [0.1, 0.15) is 25.6 Å². The summed E-state index contributed by atoms with van der Waals surface area (Å²) in [7, 11) is 0. The van der Waals surface area contributed by atoms with E-state index >= 15 is 0 Å². The Morgan fingerprint density at radius 3 is 2.83 bits per heavy atom. The van der Waals surface area contributed by atoms with E-state index in [1.807, 2.05) is 19.1 Å². The molecule has 0 spiro atoms. The van der Waals surface area contributed by atoms with Gasteiger partial charge in [-0.3, -0.25) is 0 Å². The lowest BCUT2D eigenvalue weighted by Gasteiger charge is -2.12. The van der Waals surface area contributed by atoms with Gasteiger partial charge in [-0.05, 0) is 26.0 Å². The van der Waals surface area contributed by atoms with E-state index in [-0.39, 0.29) is 12.1 Å². The van der Waals surface area contributed by atoms with Gasteiger partial charge in [0.2, 0.25) is 0 Å². The monoisotopic (exact) mass is 169 g/mol. The molecule has 0 aliphatic carbocycles. The molecule has 0 saturated heterocycles. The van der Waals surface area contributed by atoms with Crippen LogP contribution in [0.2, 0.25) is 0 Å². The fraction of sp³-hybridized carbons (Fsp3) is 0.556. The average molecular weight is 169 g/mol. The van der Waals surface area contributed by atoms with Crippen molar-refractivity contribution in [1.29, 1.82) is 0 Å². The standard InChI is InChI=1S/C9H15NO2/c1-7(11)6-10-8(2)9-4-3-5-12-9/h3-5,7-8,10-11H,6H2,1-2H3. The summed E-state index contributed by atoms with van der Waals surface area (Å²) >= 11 is 0. The van der Waals surface area contributed by atoms with Gasteiger partial charge in [0.05, 0.1) is 18.4 Å². The normalized spacial score (nSPS) is 15.9. The van der Waals surface area contributed by atoms with Crippen molar-refractivity contribution in [1.82, 2.24) is 5.32 Å². The predicted octanol–water partition coefficient (Wildman–Crippen LogP) is 1.31. The lowest BCUT2D eigenvalue weighted by molar-refractivity contribution is 0.185. The summed E-state index contributed by atoms with van der Waals surface area (Å²) in [6, 6.07) is 3.94. The second-order valence-corrected chi connectivity index (χ2v) is 2.99. The van der Waals surface area contributed by atoms with Crippen LogP contribution in [0, 0.1) is 0 Å². The molecule has 0 aliphatic heterocycles. The fourth-order valence-electron chi connectivity index (χ4n) is 0.986. The molecule has 2 N–H and O–H groups in total. The van der Waals surface area contributed by atoms with Crippen molar-refractivity contribution in [3.63, 3.8) is 0 Å². The molecule has 0 aliphatic rings. The molecule has 0 saturated carbocycles. The first kappa shape index (κ1) is 9.29. The molecule has 0 amide bonds. The Bertz CT molecular complexity index is 206. The van der Waals surface area contributed by atoms with E-state index in [4.69, 9.17) is 9.52 Å². The number of hydrogen-bond donors (Lipinski definition) is 2. The highest BCUT2D eigenvalue weighted by Gasteiger charge is 2.07. The van der Waals surface area contributed by atoms with Crippen molar-refractivity contribution in [2.24, 2.45) is 0 Å². The van der Waals surface area contributed by atoms with E-state index in [2.05, 4.69) is 5.32 Å². The van der Waals surface area contributed by atoms with Gasteiger partial charge < -0.3 is 14.8 Å². The molecule has 1 heterocycles. The Hall–Kier alpha value is -0.800. The van der Waals surface area contributed by atoms with Gasteiger partial charge in [0, 0.05) is 6.54 Å². The lowest BCUT2D eigenvalue weighted by Crippen LogP contribution is -2.26. The molecule has 1 rings (SSSR count). The maximum atomic E-state index is 9.01. The van der Waals surface area contributed by atoms with Crippen LogP contribution in [0.25, 0.3) is 0 Å². The summed E-state index contributed by atoms with van der Waals surface area (Å²) in [4.78, 5) is 0. The quantitative estimate of drug-likeness (QED) is 0.714. The molecule has 1 aromatic rings. The van der Waals surface area contributed by atoms with E-state index in [9.17, 15) is 0 Å². The zero-order valence-corrected chi connectivity index (χ0v) is 7.45. The van der Waals surface area contributed by atoms with Gasteiger partial charge in [0.1, 0.15) is 5.76 Å². The van der Waals surface area contributed by atoms with Crippen molar-refractivity contribution in [2.75, 3.05) is 6.54 Å². The number of rotatable bonds is 4. The van der Waals surface area contributed by atoms with Crippen LogP contribution in [0.15, 0.2) is 22.8 Å². The molecule has 3 heteroatoms. The number of nitrogens with one attached hydrogen (secondary N) is 1. The molecule has 0 fully saturated rings. The predicted molar refractivity (Wildman–Crippen MR) is 46.8 cm³/mol. The minimum absolute atomic E-state index is 0.162. The molecule has 0 bridgehead atoms. The van der Waals surface area contributed by atoms with E-state index in [0.717, 1.165) is 5.76 Å². The van der Waals surface area contributed by atoms with Gasteiger partial charge in [0.25, 0.3) is 0 Å². The molecular formula is C9H15NO2. The Balaban J connectivity index is 2.34. The summed E-state index contributed by atoms with van der Waals surface area (Å²) in [6.07, 6.45) is 1.33. The SMILES string of the molecule is CC(O)CNC(C)c1ccco1. The number of aliphatic hydroxyl groups is 1. The highest BCUT2D eigenvalue weighted by Crippen LogP contribution is 2.11. The molecular weight excluding hydrogens is 154 g/mol. The summed E-state index contributed by atoms with van der Waals surface area (Å²) in [5.41, 5.74) is 0. The van der Waals surface area contributed by atoms with Crippen molar-refractivity contribution in [3.8, 4) is 0 Å². The maximum absolute atomic E-state index is 9.01. The molecule has 2 unspecified atom stereocenters. The van der Waals surface area contributed by atoms with Crippen LogP contribution >= 0.6 is 0 Å². The number of hydrogen-bond acceptors (Lipinski definition) is 3. The number of aliphatic hydroxyl groups excluding tert-OH is 1. The topological polar surface area (TPSA) is 45.4 Å². The molecule has 12 heavy (non-hydrogen) atoms. The van der Waals surface area contributed by atoms with Crippen molar-refractivity contribution in [3.05, 3.63) is 24.2 Å². The van der Waals surface area contributed by atoms with E-state index in [1.165, 1.54) is 0 Å². The molecule has 2 atom stereocenters. The summed E-state index contributed by atoms with van der Waals surface area (Å²) in [5.74, 6) is 0.899. The van der Waals surface area contributed by atoms with Crippen LogP contribution < -0.4 is 5.32 Å². The Kier molecular flexibility index (Phi) is 3.31. The molecule has 1 aromatic heterocycles. The maximum Gasteiger partial charge on any atom is 0.120 e. The first-order chi connectivity index (χ1) is 5.70. The summed E-state index contributed by atoms with van der Waals surface area (Å²) in [6.45, 7) is 4.34. The number of furan rings is 1. The Morgan fingerprint density at radius 1 is 1.58 bits per heavy atom. The van der Waals surface area contributed by atoms with Crippen molar-refractivity contribution in [2.45, 2.75) is 26.0 Å². The van der Waals surface area contributed by atoms with Crippen molar-refractivity contribution < 1.29 is 9.52 Å². The van der Waals surface area contributed by atoms with Gasteiger partial charge in [-0.1, -0.05) is 0 Å². The zero-order valence-electron chi connectivity index (χ0n) is 7.45. The van der Waals surface area contributed by atoms with Crippen LogP contribution in [0.3, 0.4) is 0 Å². The lowest BCUT2D eigenvalue weighted by atomic mass is 10.2. The third kappa shape index (κ3) is 2.68. The third-order valence-corrected chi connectivity index (χ3v) is 1.69. The van der Waals surface area contributed by atoms with Crippen LogP contribution in [0.5, 0.6) is 0 Å². The molecule has 3 nitrogen and oxygen atoms in total. The van der Waals surface area contributed by atoms with Gasteiger partial charge in [-0.2, -0.15) is 0 Å². The third-order valence-electron chi connectivity index (χ3n) is 1.69. The summed E-state index contributed by atoms with van der Waals surface area (Å²) < 4.78 is 5.18. The highest BCUT2D eigenvalue weighted by atomic mass is 16.3. The van der Waals surface area contributed by atoms with Gasteiger partial charge in [-0.25, -0.2) is 0 Å². The fourth-order valence-corrected chi connectivity index (χ4v) is 0.986. The van der Waals surface area contributed by atoms with E-state index in [0.29, 0.717) is 6.54 Å². The average Bonchev–Trinajstić information content (AvgIpc) is 2.51. The van der Waals surface area contributed by atoms with Gasteiger partial charge in [0.15, 0.2) is 0 Å². The van der Waals surface area contributed by atoms with Crippen molar-refractivity contribution >= 4 is 0 Å². The van der Waals surface area contributed by atoms with Crippen LogP contribution in [-0.2, 0) is 0 Å². The largest absolute Gasteiger partial charge is 0.468 e. The zero-order chi connectivity index (χ0) is 8.97. The first-order valence-electron chi connectivity index (χ1n) is 4.15. The van der Waals surface area contributed by atoms with Crippen LogP contribution in [0.4, 0.5) is 0 Å². The highest BCUT2D eigenvalue weighted by molar-refractivity contribution is 5.02.